The zero-order valence-electron chi connectivity index (χ0n) is 17.0. The average molecular weight is 396 g/mol. The van der Waals surface area contributed by atoms with Crippen molar-refractivity contribution in [2.24, 2.45) is 5.92 Å². The van der Waals surface area contributed by atoms with Crippen molar-refractivity contribution in [3.05, 3.63) is 68.0 Å². The Kier molecular flexibility index (Phi) is 5.63. The number of hydrogen-bond acceptors (Lipinski definition) is 5. The highest BCUT2D eigenvalue weighted by atomic mass is 16.6. The predicted octanol–water partition coefficient (Wildman–Crippen LogP) is 3.65. The molecule has 0 aliphatic rings. The van der Waals surface area contributed by atoms with E-state index in [9.17, 15) is 19.7 Å². The van der Waals surface area contributed by atoms with Gasteiger partial charge in [0, 0.05) is 35.6 Å². The Morgan fingerprint density at radius 1 is 1.24 bits per heavy atom. The standard InChI is InChI=1S/C21H24N4O4/c1-13(2)7-8-24-14(3)9-17(15(24)4)20(26)11-23-12-22-19-6-5-16(25(28)29)10-18(19)21(23)27/h5-6,9-10,12-13H,7-8,11H2,1-4H3. The summed E-state index contributed by atoms with van der Waals surface area (Å²) in [5.74, 6) is 0.365. The van der Waals surface area contributed by atoms with Crippen LogP contribution in [0.2, 0.25) is 0 Å². The van der Waals surface area contributed by atoms with Gasteiger partial charge in [-0.25, -0.2) is 4.98 Å². The first-order valence-corrected chi connectivity index (χ1v) is 9.52. The van der Waals surface area contributed by atoms with Gasteiger partial charge in [-0.05, 0) is 38.3 Å². The lowest BCUT2D eigenvalue weighted by atomic mass is 10.1. The van der Waals surface area contributed by atoms with Gasteiger partial charge in [0.2, 0.25) is 0 Å². The highest BCUT2D eigenvalue weighted by Crippen LogP contribution is 2.19. The van der Waals surface area contributed by atoms with Crippen LogP contribution < -0.4 is 5.56 Å². The molecule has 2 heterocycles. The molecular weight excluding hydrogens is 372 g/mol. The number of hydrogen-bond donors (Lipinski definition) is 0. The fourth-order valence-electron chi connectivity index (χ4n) is 3.43. The minimum absolute atomic E-state index is 0.122. The number of nitro groups is 1. The van der Waals surface area contributed by atoms with Gasteiger partial charge in [-0.1, -0.05) is 13.8 Å². The highest BCUT2D eigenvalue weighted by molar-refractivity contribution is 5.97. The molecule has 0 bridgehead atoms. The second kappa shape index (κ2) is 7.98. The van der Waals surface area contributed by atoms with Crippen LogP contribution in [0.4, 0.5) is 5.69 Å². The number of Topliss-reactive ketones (excluding diaryl/α,β-unsaturated/α-hetero) is 1. The molecular formula is C21H24N4O4. The second-order valence-electron chi connectivity index (χ2n) is 7.68. The number of fused-ring (bicyclic) bond motifs is 1. The predicted molar refractivity (Wildman–Crippen MR) is 110 cm³/mol. The summed E-state index contributed by atoms with van der Waals surface area (Å²) in [4.78, 5) is 40.2. The Labute approximate surface area is 167 Å². The van der Waals surface area contributed by atoms with Gasteiger partial charge in [0.05, 0.1) is 28.7 Å². The normalized spacial score (nSPS) is 11.3. The molecule has 3 aromatic rings. The Balaban J connectivity index is 1.92. The SMILES string of the molecule is Cc1cc(C(=O)Cn2cnc3ccc([N+](=O)[O-])cc3c2=O)c(C)n1CCC(C)C. The van der Waals surface area contributed by atoms with Crippen molar-refractivity contribution in [3.8, 4) is 0 Å². The molecule has 3 rings (SSSR count). The first kappa shape index (κ1) is 20.4. The molecule has 152 valence electrons. The van der Waals surface area contributed by atoms with Gasteiger partial charge in [-0.15, -0.1) is 0 Å². The Morgan fingerprint density at radius 3 is 2.62 bits per heavy atom. The van der Waals surface area contributed by atoms with E-state index in [1.807, 2.05) is 19.9 Å². The number of carbonyl (C=O) groups excluding carboxylic acids is 1. The number of nitro benzene ring substituents is 1. The van der Waals surface area contributed by atoms with Gasteiger partial charge in [-0.2, -0.15) is 0 Å². The Hall–Kier alpha value is -3.29. The van der Waals surface area contributed by atoms with E-state index in [0.29, 0.717) is 17.0 Å². The quantitative estimate of drug-likeness (QED) is 0.345. The van der Waals surface area contributed by atoms with E-state index in [1.165, 1.54) is 29.1 Å². The lowest BCUT2D eigenvalue weighted by Gasteiger charge is -2.11. The van der Waals surface area contributed by atoms with Gasteiger partial charge in [0.1, 0.15) is 0 Å². The van der Waals surface area contributed by atoms with Crippen molar-refractivity contribution in [1.29, 1.82) is 0 Å². The van der Waals surface area contributed by atoms with E-state index in [4.69, 9.17) is 0 Å². The Morgan fingerprint density at radius 2 is 1.97 bits per heavy atom. The Bertz CT molecular complexity index is 1160. The van der Waals surface area contributed by atoms with Crippen LogP contribution in [0.1, 0.15) is 42.0 Å². The van der Waals surface area contributed by atoms with Crippen LogP contribution in [0.15, 0.2) is 35.4 Å². The molecule has 0 radical (unpaired) electrons. The maximum absolute atomic E-state index is 12.9. The molecule has 8 nitrogen and oxygen atoms in total. The molecule has 0 saturated heterocycles. The van der Waals surface area contributed by atoms with Gasteiger partial charge in [-0.3, -0.25) is 24.3 Å². The van der Waals surface area contributed by atoms with Crippen molar-refractivity contribution in [3.63, 3.8) is 0 Å². The molecule has 2 aromatic heterocycles. The number of aromatic nitrogens is 3. The van der Waals surface area contributed by atoms with Crippen LogP contribution in [-0.4, -0.2) is 24.8 Å². The van der Waals surface area contributed by atoms with Gasteiger partial charge in [0.25, 0.3) is 11.2 Å². The zero-order chi connectivity index (χ0) is 21.3. The molecule has 0 unspecified atom stereocenters. The van der Waals surface area contributed by atoms with E-state index in [-0.39, 0.29) is 23.4 Å². The second-order valence-corrected chi connectivity index (χ2v) is 7.68. The highest BCUT2D eigenvalue weighted by Gasteiger charge is 2.18. The summed E-state index contributed by atoms with van der Waals surface area (Å²) in [6, 6.07) is 5.78. The number of nitrogens with zero attached hydrogens (tertiary/aromatic N) is 4. The fraction of sp³-hybridized carbons (Fsp3) is 0.381. The van der Waals surface area contributed by atoms with Crippen molar-refractivity contribution in [2.75, 3.05) is 0 Å². The molecule has 29 heavy (non-hydrogen) atoms. The third-order valence-corrected chi connectivity index (χ3v) is 5.14. The van der Waals surface area contributed by atoms with Crippen molar-refractivity contribution < 1.29 is 9.72 Å². The summed E-state index contributed by atoms with van der Waals surface area (Å²) in [6.45, 7) is 8.86. The summed E-state index contributed by atoms with van der Waals surface area (Å²) in [7, 11) is 0. The van der Waals surface area contributed by atoms with E-state index < -0.39 is 10.5 Å². The maximum atomic E-state index is 12.9. The molecule has 0 saturated carbocycles. The van der Waals surface area contributed by atoms with Gasteiger partial charge < -0.3 is 4.57 Å². The first-order chi connectivity index (χ1) is 13.7. The van der Waals surface area contributed by atoms with Gasteiger partial charge >= 0.3 is 0 Å². The van der Waals surface area contributed by atoms with Crippen molar-refractivity contribution in [1.82, 2.24) is 14.1 Å². The lowest BCUT2D eigenvalue weighted by Crippen LogP contribution is -2.25. The summed E-state index contributed by atoms with van der Waals surface area (Å²) < 4.78 is 3.33. The molecule has 0 aliphatic carbocycles. The third kappa shape index (κ3) is 4.11. The summed E-state index contributed by atoms with van der Waals surface area (Å²) in [5.41, 5.74) is 2.17. The number of rotatable bonds is 7. The molecule has 8 heteroatoms. The number of non-ortho nitro benzene ring substituents is 1. The van der Waals surface area contributed by atoms with E-state index in [1.54, 1.807) is 0 Å². The number of aryl methyl sites for hydroxylation is 1. The number of ketones is 1. The monoisotopic (exact) mass is 396 g/mol. The molecule has 0 N–H and O–H groups in total. The summed E-state index contributed by atoms with van der Waals surface area (Å²) >= 11 is 0. The van der Waals surface area contributed by atoms with Crippen LogP contribution >= 0.6 is 0 Å². The van der Waals surface area contributed by atoms with Crippen molar-refractivity contribution >= 4 is 22.4 Å². The fourth-order valence-corrected chi connectivity index (χ4v) is 3.43. The molecule has 0 amide bonds. The van der Waals surface area contributed by atoms with Crippen LogP contribution in [0.5, 0.6) is 0 Å². The average Bonchev–Trinajstić information content (AvgIpc) is 2.95. The topological polar surface area (TPSA) is 100 Å². The molecule has 0 fully saturated rings. The van der Waals surface area contributed by atoms with E-state index >= 15 is 0 Å². The van der Waals surface area contributed by atoms with Crippen LogP contribution in [0.25, 0.3) is 10.9 Å². The lowest BCUT2D eigenvalue weighted by molar-refractivity contribution is -0.384. The molecule has 0 aliphatic heterocycles. The maximum Gasteiger partial charge on any atom is 0.270 e. The van der Waals surface area contributed by atoms with E-state index in [0.717, 1.165) is 24.4 Å². The first-order valence-electron chi connectivity index (χ1n) is 9.52. The number of benzene rings is 1. The molecule has 1 aromatic carbocycles. The molecule has 0 spiro atoms. The van der Waals surface area contributed by atoms with Crippen molar-refractivity contribution in [2.45, 2.75) is 47.2 Å². The zero-order valence-corrected chi connectivity index (χ0v) is 17.0. The molecule has 0 atom stereocenters. The number of carbonyl (C=O) groups is 1. The minimum Gasteiger partial charge on any atom is -0.348 e. The summed E-state index contributed by atoms with van der Waals surface area (Å²) in [5, 5.41) is 11.1. The van der Waals surface area contributed by atoms with Gasteiger partial charge in [0.15, 0.2) is 5.78 Å². The van der Waals surface area contributed by atoms with Crippen LogP contribution in [-0.2, 0) is 13.1 Å². The van der Waals surface area contributed by atoms with E-state index in [2.05, 4.69) is 23.4 Å². The minimum atomic E-state index is -0.562. The van der Waals surface area contributed by atoms with Crippen LogP contribution in [0, 0.1) is 29.9 Å². The largest absolute Gasteiger partial charge is 0.348 e. The smallest absolute Gasteiger partial charge is 0.270 e. The third-order valence-electron chi connectivity index (χ3n) is 5.14. The summed E-state index contributed by atoms with van der Waals surface area (Å²) in [6.07, 6.45) is 2.32. The van der Waals surface area contributed by atoms with Crippen LogP contribution in [0.3, 0.4) is 0 Å².